The molecule has 19 heavy (non-hydrogen) atoms. The Balaban J connectivity index is 2.19. The quantitative estimate of drug-likeness (QED) is 0.734. The van der Waals surface area contributed by atoms with Crippen molar-refractivity contribution in [3.05, 3.63) is 35.9 Å². The van der Waals surface area contributed by atoms with Crippen LogP contribution >= 0.6 is 0 Å². The molecule has 0 radical (unpaired) electrons. The van der Waals surface area contributed by atoms with Crippen LogP contribution in [-0.4, -0.2) is 24.4 Å². The number of benzene rings is 1. The normalized spacial score (nSPS) is 11.7. The molecular weight excluding hydrogens is 240 g/mol. The molecule has 0 saturated carbocycles. The van der Waals surface area contributed by atoms with Gasteiger partial charge in [0.1, 0.15) is 0 Å². The fraction of sp³-hybridized carbons (Fsp3) is 0.467. The topological polar surface area (TPSA) is 58.2 Å². The standard InChI is InChI=1S/C15H22N2O2/c1-12(7-6-10-16-13(2)18)17-15(19)11-14-8-4-3-5-9-14/h3-5,8-9,12H,6-7,10-11H2,1-2H3,(H,16,18)(H,17,19). The molecule has 1 atom stereocenters. The summed E-state index contributed by atoms with van der Waals surface area (Å²) in [5, 5.41) is 5.71. The van der Waals surface area contributed by atoms with Crippen LogP contribution in [0.4, 0.5) is 0 Å². The molecule has 0 aliphatic rings. The van der Waals surface area contributed by atoms with Crippen LogP contribution in [0, 0.1) is 0 Å². The molecule has 0 heterocycles. The maximum Gasteiger partial charge on any atom is 0.224 e. The molecule has 0 aromatic heterocycles. The summed E-state index contributed by atoms with van der Waals surface area (Å²) in [7, 11) is 0. The summed E-state index contributed by atoms with van der Waals surface area (Å²) in [6.07, 6.45) is 2.14. The Morgan fingerprint density at radius 1 is 1.21 bits per heavy atom. The monoisotopic (exact) mass is 262 g/mol. The first-order valence-electron chi connectivity index (χ1n) is 6.65. The number of nitrogens with one attached hydrogen (secondary N) is 2. The van der Waals surface area contributed by atoms with Crippen LogP contribution in [-0.2, 0) is 16.0 Å². The van der Waals surface area contributed by atoms with E-state index in [0.29, 0.717) is 13.0 Å². The summed E-state index contributed by atoms with van der Waals surface area (Å²) >= 11 is 0. The molecule has 0 aliphatic heterocycles. The summed E-state index contributed by atoms with van der Waals surface area (Å²) in [4.78, 5) is 22.5. The van der Waals surface area contributed by atoms with E-state index in [-0.39, 0.29) is 17.9 Å². The van der Waals surface area contributed by atoms with Gasteiger partial charge in [-0.25, -0.2) is 0 Å². The van der Waals surface area contributed by atoms with Crippen LogP contribution in [0.2, 0.25) is 0 Å². The molecule has 4 nitrogen and oxygen atoms in total. The highest BCUT2D eigenvalue weighted by molar-refractivity contribution is 5.78. The Morgan fingerprint density at radius 2 is 1.89 bits per heavy atom. The lowest BCUT2D eigenvalue weighted by atomic mass is 10.1. The zero-order valence-electron chi connectivity index (χ0n) is 11.6. The summed E-state index contributed by atoms with van der Waals surface area (Å²) < 4.78 is 0. The summed E-state index contributed by atoms with van der Waals surface area (Å²) in [6.45, 7) is 4.15. The number of carbonyl (C=O) groups is 2. The van der Waals surface area contributed by atoms with Crippen LogP contribution < -0.4 is 10.6 Å². The lowest BCUT2D eigenvalue weighted by molar-refractivity contribution is -0.121. The van der Waals surface area contributed by atoms with E-state index in [9.17, 15) is 9.59 Å². The number of carbonyl (C=O) groups excluding carboxylic acids is 2. The molecule has 1 aromatic carbocycles. The van der Waals surface area contributed by atoms with Gasteiger partial charge in [0.05, 0.1) is 6.42 Å². The number of amides is 2. The summed E-state index contributed by atoms with van der Waals surface area (Å²) in [6, 6.07) is 9.82. The SMILES string of the molecule is CC(=O)NCCCC(C)NC(=O)Cc1ccccc1. The average Bonchev–Trinajstić information content (AvgIpc) is 2.35. The predicted molar refractivity (Wildman–Crippen MR) is 75.7 cm³/mol. The molecule has 1 unspecified atom stereocenters. The van der Waals surface area contributed by atoms with Crippen molar-refractivity contribution in [2.45, 2.75) is 39.2 Å². The third kappa shape index (κ3) is 7.24. The van der Waals surface area contributed by atoms with Crippen LogP contribution in [0.25, 0.3) is 0 Å². The Kier molecular flexibility index (Phi) is 6.64. The van der Waals surface area contributed by atoms with E-state index in [0.717, 1.165) is 18.4 Å². The Labute approximate surface area is 114 Å². The molecular formula is C15H22N2O2. The van der Waals surface area contributed by atoms with Crippen molar-refractivity contribution in [2.75, 3.05) is 6.54 Å². The van der Waals surface area contributed by atoms with E-state index in [2.05, 4.69) is 10.6 Å². The highest BCUT2D eigenvalue weighted by Crippen LogP contribution is 2.01. The van der Waals surface area contributed by atoms with Gasteiger partial charge in [0.15, 0.2) is 0 Å². The number of rotatable bonds is 7. The third-order valence-corrected chi connectivity index (χ3v) is 2.80. The minimum absolute atomic E-state index is 0.0132. The van der Waals surface area contributed by atoms with Gasteiger partial charge in [-0.2, -0.15) is 0 Å². The highest BCUT2D eigenvalue weighted by Gasteiger charge is 2.07. The third-order valence-electron chi connectivity index (χ3n) is 2.80. The molecule has 2 N–H and O–H groups in total. The molecule has 0 aliphatic carbocycles. The molecule has 104 valence electrons. The van der Waals surface area contributed by atoms with Crippen molar-refractivity contribution in [3.8, 4) is 0 Å². The van der Waals surface area contributed by atoms with Gasteiger partial charge in [-0.05, 0) is 25.3 Å². The second kappa shape index (κ2) is 8.29. The lowest BCUT2D eigenvalue weighted by Crippen LogP contribution is -2.34. The average molecular weight is 262 g/mol. The van der Waals surface area contributed by atoms with Gasteiger partial charge in [-0.3, -0.25) is 9.59 Å². The maximum absolute atomic E-state index is 11.8. The van der Waals surface area contributed by atoms with E-state index in [1.807, 2.05) is 37.3 Å². The molecule has 0 fully saturated rings. The van der Waals surface area contributed by atoms with E-state index in [1.54, 1.807) is 0 Å². The first-order valence-corrected chi connectivity index (χ1v) is 6.65. The van der Waals surface area contributed by atoms with Crippen LogP contribution in [0.5, 0.6) is 0 Å². The van der Waals surface area contributed by atoms with E-state index in [4.69, 9.17) is 0 Å². The van der Waals surface area contributed by atoms with E-state index < -0.39 is 0 Å². The van der Waals surface area contributed by atoms with Gasteiger partial charge in [0.2, 0.25) is 11.8 Å². The van der Waals surface area contributed by atoms with Crippen molar-refractivity contribution in [2.24, 2.45) is 0 Å². The van der Waals surface area contributed by atoms with Gasteiger partial charge in [-0.1, -0.05) is 30.3 Å². The number of hydrogen-bond donors (Lipinski definition) is 2. The zero-order chi connectivity index (χ0) is 14.1. The van der Waals surface area contributed by atoms with Crippen LogP contribution in [0.15, 0.2) is 30.3 Å². The minimum Gasteiger partial charge on any atom is -0.356 e. The van der Waals surface area contributed by atoms with Gasteiger partial charge in [0, 0.05) is 19.5 Å². The first-order chi connectivity index (χ1) is 9.08. The van der Waals surface area contributed by atoms with Gasteiger partial charge in [0.25, 0.3) is 0 Å². The lowest BCUT2D eigenvalue weighted by Gasteiger charge is -2.14. The molecule has 4 heteroatoms. The van der Waals surface area contributed by atoms with E-state index in [1.165, 1.54) is 6.92 Å². The molecule has 0 bridgehead atoms. The summed E-state index contributed by atoms with van der Waals surface area (Å²) in [5.74, 6) is 0.0268. The molecule has 2 amide bonds. The van der Waals surface area contributed by atoms with Gasteiger partial charge in [-0.15, -0.1) is 0 Å². The van der Waals surface area contributed by atoms with Gasteiger partial charge < -0.3 is 10.6 Å². The highest BCUT2D eigenvalue weighted by atomic mass is 16.2. The largest absolute Gasteiger partial charge is 0.356 e. The first kappa shape index (κ1) is 15.2. The maximum atomic E-state index is 11.8. The second-order valence-electron chi connectivity index (χ2n) is 4.76. The van der Waals surface area contributed by atoms with Crippen LogP contribution in [0.3, 0.4) is 0 Å². The van der Waals surface area contributed by atoms with E-state index >= 15 is 0 Å². The van der Waals surface area contributed by atoms with Crippen molar-refractivity contribution in [3.63, 3.8) is 0 Å². The minimum atomic E-state index is -0.0132. The molecule has 1 rings (SSSR count). The van der Waals surface area contributed by atoms with Crippen molar-refractivity contribution < 1.29 is 9.59 Å². The van der Waals surface area contributed by atoms with Crippen molar-refractivity contribution in [1.82, 2.24) is 10.6 Å². The van der Waals surface area contributed by atoms with Crippen molar-refractivity contribution in [1.29, 1.82) is 0 Å². The van der Waals surface area contributed by atoms with Gasteiger partial charge >= 0.3 is 0 Å². The second-order valence-corrected chi connectivity index (χ2v) is 4.76. The molecule has 0 saturated heterocycles. The Bertz CT molecular complexity index is 404. The number of hydrogen-bond acceptors (Lipinski definition) is 2. The predicted octanol–water partition coefficient (Wildman–Crippen LogP) is 1.65. The molecule has 0 spiro atoms. The fourth-order valence-electron chi connectivity index (χ4n) is 1.85. The smallest absolute Gasteiger partial charge is 0.224 e. The van der Waals surface area contributed by atoms with Crippen LogP contribution in [0.1, 0.15) is 32.3 Å². The summed E-state index contributed by atoms with van der Waals surface area (Å²) in [5.41, 5.74) is 1.02. The Morgan fingerprint density at radius 3 is 2.53 bits per heavy atom. The Hall–Kier alpha value is -1.84. The van der Waals surface area contributed by atoms with Crippen molar-refractivity contribution >= 4 is 11.8 Å². The fourth-order valence-corrected chi connectivity index (χ4v) is 1.85. The molecule has 1 aromatic rings. The zero-order valence-corrected chi connectivity index (χ0v) is 11.6.